The van der Waals surface area contributed by atoms with Crippen molar-refractivity contribution in [1.29, 1.82) is 0 Å². The van der Waals surface area contributed by atoms with Crippen molar-refractivity contribution >= 4 is 11.4 Å². The highest BCUT2D eigenvalue weighted by Crippen LogP contribution is 2.27. The molecule has 174 valence electrons. The van der Waals surface area contributed by atoms with Crippen molar-refractivity contribution in [2.24, 2.45) is 0 Å². The molecule has 2 fully saturated rings. The van der Waals surface area contributed by atoms with Gasteiger partial charge in [0.25, 0.3) is 5.69 Å². The molecule has 2 saturated heterocycles. The van der Waals surface area contributed by atoms with Crippen LogP contribution in [0.25, 0.3) is 0 Å². The van der Waals surface area contributed by atoms with E-state index in [0.29, 0.717) is 12.1 Å². The van der Waals surface area contributed by atoms with Crippen LogP contribution in [0.3, 0.4) is 0 Å². The van der Waals surface area contributed by atoms with Crippen molar-refractivity contribution in [2.75, 3.05) is 44.6 Å². The molecule has 0 spiro atoms. The van der Waals surface area contributed by atoms with Gasteiger partial charge in [-0.25, -0.2) is 0 Å². The minimum Gasteiger partial charge on any atom is -0.395 e. The van der Waals surface area contributed by atoms with Gasteiger partial charge in [0, 0.05) is 31.7 Å². The molecule has 8 nitrogen and oxygen atoms in total. The summed E-state index contributed by atoms with van der Waals surface area (Å²) in [4.78, 5) is 15.9. The number of nitrogens with one attached hydrogen (secondary N) is 1. The molecule has 1 aromatic rings. The number of unbranched alkanes of at least 4 members (excludes halogenated alkanes) is 3. The molecule has 2 aliphatic rings. The number of likely N-dealkylation sites (tertiary alicyclic amines) is 2. The lowest BCUT2D eigenvalue weighted by Gasteiger charge is -2.36. The van der Waals surface area contributed by atoms with E-state index in [-0.39, 0.29) is 29.4 Å². The van der Waals surface area contributed by atoms with Crippen LogP contribution in [0.15, 0.2) is 18.2 Å². The number of piperidine rings is 1. The summed E-state index contributed by atoms with van der Waals surface area (Å²) in [7, 11) is 0. The van der Waals surface area contributed by atoms with Gasteiger partial charge in [0.2, 0.25) is 0 Å². The van der Waals surface area contributed by atoms with Crippen LogP contribution in [-0.4, -0.2) is 76.4 Å². The molecular weight excluding hydrogens is 396 g/mol. The Morgan fingerprint density at radius 1 is 1.13 bits per heavy atom. The number of nitro groups is 1. The van der Waals surface area contributed by atoms with E-state index < -0.39 is 0 Å². The van der Waals surface area contributed by atoms with Crippen LogP contribution in [0.5, 0.6) is 0 Å². The van der Waals surface area contributed by atoms with E-state index in [2.05, 4.69) is 15.1 Å². The smallest absolute Gasteiger partial charge is 0.292 e. The van der Waals surface area contributed by atoms with Gasteiger partial charge in [-0.3, -0.25) is 19.9 Å². The van der Waals surface area contributed by atoms with Crippen LogP contribution in [0.2, 0.25) is 0 Å². The third kappa shape index (κ3) is 7.42. The first-order valence-electron chi connectivity index (χ1n) is 11.8. The summed E-state index contributed by atoms with van der Waals surface area (Å²) in [6.07, 6.45) is 7.79. The maximum atomic E-state index is 11.5. The molecule has 3 N–H and O–H groups in total. The first kappa shape index (κ1) is 23.9. The second-order valence-corrected chi connectivity index (χ2v) is 8.98. The van der Waals surface area contributed by atoms with Gasteiger partial charge in [-0.1, -0.05) is 18.9 Å². The summed E-state index contributed by atoms with van der Waals surface area (Å²) >= 11 is 0. The normalized spacial score (nSPS) is 22.6. The number of rotatable bonds is 12. The van der Waals surface area contributed by atoms with E-state index in [1.165, 1.54) is 12.8 Å². The predicted molar refractivity (Wildman–Crippen MR) is 122 cm³/mol. The van der Waals surface area contributed by atoms with Gasteiger partial charge in [0.15, 0.2) is 0 Å². The maximum Gasteiger partial charge on any atom is 0.292 e. The van der Waals surface area contributed by atoms with Gasteiger partial charge in [0.05, 0.1) is 17.6 Å². The quantitative estimate of drug-likeness (QED) is 0.264. The molecule has 0 bridgehead atoms. The summed E-state index contributed by atoms with van der Waals surface area (Å²) < 4.78 is 0. The molecule has 3 rings (SSSR count). The Kier molecular flexibility index (Phi) is 9.52. The zero-order valence-corrected chi connectivity index (χ0v) is 18.5. The minimum absolute atomic E-state index is 0.0828. The number of nitro benzene ring substituents is 1. The number of aliphatic hydroxyl groups excluding tert-OH is 2. The highest BCUT2D eigenvalue weighted by atomic mass is 16.6. The first-order valence-corrected chi connectivity index (χ1v) is 11.8. The summed E-state index contributed by atoms with van der Waals surface area (Å²) in [6, 6.07) is 5.65. The van der Waals surface area contributed by atoms with Crippen molar-refractivity contribution in [1.82, 2.24) is 9.80 Å². The van der Waals surface area contributed by atoms with Gasteiger partial charge in [0.1, 0.15) is 5.69 Å². The topological polar surface area (TPSA) is 102 Å². The number of anilines is 1. The van der Waals surface area contributed by atoms with E-state index in [4.69, 9.17) is 0 Å². The summed E-state index contributed by atoms with van der Waals surface area (Å²) in [5, 5.41) is 34.0. The second-order valence-electron chi connectivity index (χ2n) is 8.98. The highest BCUT2D eigenvalue weighted by Gasteiger charge is 2.26. The Morgan fingerprint density at radius 3 is 2.65 bits per heavy atom. The fourth-order valence-electron chi connectivity index (χ4n) is 4.75. The van der Waals surface area contributed by atoms with E-state index in [1.807, 2.05) is 12.1 Å². The summed E-state index contributed by atoms with van der Waals surface area (Å²) in [5.74, 6) is 0. The molecule has 0 aliphatic carbocycles. The summed E-state index contributed by atoms with van der Waals surface area (Å²) in [6.45, 7) is 5.58. The van der Waals surface area contributed by atoms with E-state index >= 15 is 0 Å². The number of benzene rings is 1. The van der Waals surface area contributed by atoms with E-state index in [0.717, 1.165) is 76.9 Å². The molecule has 2 aliphatic heterocycles. The van der Waals surface area contributed by atoms with Crippen LogP contribution in [0, 0.1) is 10.1 Å². The van der Waals surface area contributed by atoms with Gasteiger partial charge in [-0.15, -0.1) is 0 Å². The summed E-state index contributed by atoms with van der Waals surface area (Å²) in [5.41, 5.74) is 1.78. The Labute approximate surface area is 185 Å². The molecule has 0 radical (unpaired) electrons. The molecule has 31 heavy (non-hydrogen) atoms. The van der Waals surface area contributed by atoms with E-state index in [9.17, 15) is 20.3 Å². The largest absolute Gasteiger partial charge is 0.395 e. The zero-order chi connectivity index (χ0) is 22.1. The Bertz CT molecular complexity index is 696. The lowest BCUT2D eigenvalue weighted by molar-refractivity contribution is -0.384. The lowest BCUT2D eigenvalue weighted by Crippen LogP contribution is -2.46. The standard InChI is InChI=1S/C23H38N4O4/c28-18-20-16-21(29)9-14-26(20)13-4-2-1-3-10-24-22-8-7-19(15-23(22)27(30)31)17-25-11-5-6-12-25/h7-8,15,20-21,24,28-29H,1-6,9-14,16-18H2. The van der Waals surface area contributed by atoms with Gasteiger partial charge in [-0.2, -0.15) is 0 Å². The van der Waals surface area contributed by atoms with Crippen LogP contribution in [-0.2, 0) is 6.54 Å². The van der Waals surface area contributed by atoms with Crippen molar-refractivity contribution in [3.63, 3.8) is 0 Å². The number of nitrogens with zero attached hydrogens (tertiary/aromatic N) is 3. The molecule has 0 amide bonds. The molecule has 2 unspecified atom stereocenters. The van der Waals surface area contributed by atoms with Gasteiger partial charge < -0.3 is 15.5 Å². The Hall–Kier alpha value is -1.74. The Balaban J connectivity index is 1.35. The third-order valence-electron chi connectivity index (χ3n) is 6.57. The van der Waals surface area contributed by atoms with Crippen molar-refractivity contribution in [2.45, 2.75) is 70.1 Å². The highest BCUT2D eigenvalue weighted by molar-refractivity contribution is 5.62. The number of hydrogen-bond acceptors (Lipinski definition) is 7. The zero-order valence-electron chi connectivity index (χ0n) is 18.5. The fourth-order valence-corrected chi connectivity index (χ4v) is 4.75. The fraction of sp³-hybridized carbons (Fsp3) is 0.739. The third-order valence-corrected chi connectivity index (χ3v) is 6.57. The molecule has 1 aromatic carbocycles. The Morgan fingerprint density at radius 2 is 1.90 bits per heavy atom. The first-order chi connectivity index (χ1) is 15.1. The average molecular weight is 435 g/mol. The van der Waals surface area contributed by atoms with Crippen LogP contribution < -0.4 is 5.32 Å². The second kappa shape index (κ2) is 12.3. The van der Waals surface area contributed by atoms with Crippen molar-refractivity contribution in [3.05, 3.63) is 33.9 Å². The number of hydrogen-bond donors (Lipinski definition) is 3. The van der Waals surface area contributed by atoms with Gasteiger partial charge in [-0.05, 0) is 69.8 Å². The SMILES string of the molecule is O=[N+]([O-])c1cc(CN2CCCC2)ccc1NCCCCCCN1CCC(O)CC1CO. The van der Waals surface area contributed by atoms with Crippen LogP contribution >= 0.6 is 0 Å². The van der Waals surface area contributed by atoms with Crippen molar-refractivity contribution < 1.29 is 15.1 Å². The molecule has 2 atom stereocenters. The number of aliphatic hydroxyl groups is 2. The van der Waals surface area contributed by atoms with E-state index in [1.54, 1.807) is 6.07 Å². The average Bonchev–Trinajstić information content (AvgIpc) is 3.27. The molecular formula is C23H38N4O4. The molecule has 0 aromatic heterocycles. The maximum absolute atomic E-state index is 11.5. The molecule has 8 heteroatoms. The predicted octanol–water partition coefficient (Wildman–Crippen LogP) is 2.98. The van der Waals surface area contributed by atoms with Gasteiger partial charge >= 0.3 is 0 Å². The van der Waals surface area contributed by atoms with Crippen molar-refractivity contribution in [3.8, 4) is 0 Å². The van der Waals surface area contributed by atoms with Crippen LogP contribution in [0.4, 0.5) is 11.4 Å². The van der Waals surface area contributed by atoms with Crippen LogP contribution in [0.1, 0.15) is 56.9 Å². The monoisotopic (exact) mass is 434 g/mol. The molecule has 0 saturated carbocycles. The minimum atomic E-state index is -0.289. The molecule has 2 heterocycles. The lowest BCUT2D eigenvalue weighted by atomic mass is 9.99.